The number of fused-ring (bicyclic) bond motifs is 1. The van der Waals surface area contributed by atoms with Gasteiger partial charge in [-0.15, -0.1) is 10.2 Å². The highest BCUT2D eigenvalue weighted by atomic mass is 16.5. The predicted octanol–water partition coefficient (Wildman–Crippen LogP) is 3.06. The summed E-state index contributed by atoms with van der Waals surface area (Å²) >= 11 is 0. The van der Waals surface area contributed by atoms with Crippen LogP contribution in [0.4, 0.5) is 0 Å². The molecule has 2 amide bonds. The van der Waals surface area contributed by atoms with E-state index >= 15 is 0 Å². The summed E-state index contributed by atoms with van der Waals surface area (Å²) in [5.74, 6) is -1.65. The molecule has 1 unspecified atom stereocenters. The fourth-order valence-electron chi connectivity index (χ4n) is 3.31. The molecule has 2 aromatic heterocycles. The van der Waals surface area contributed by atoms with E-state index in [1.165, 1.54) is 47.3 Å². The van der Waals surface area contributed by atoms with Gasteiger partial charge in [-0.25, -0.2) is 0 Å². The van der Waals surface area contributed by atoms with Gasteiger partial charge in [0.25, 0.3) is 11.8 Å². The van der Waals surface area contributed by atoms with Crippen LogP contribution in [0.2, 0.25) is 0 Å². The average Bonchev–Trinajstić information content (AvgIpc) is 3.35. The summed E-state index contributed by atoms with van der Waals surface area (Å²) in [6.45, 7) is 0.977. The molecule has 0 aliphatic carbocycles. The Bertz CT molecular complexity index is 1100. The SMILES string of the molecule is O=C(N=NC(=O)c1ccc2c(O)n(CC3CCCO3)c(O)c2c1)c1ccncc1. The van der Waals surface area contributed by atoms with Crippen LogP contribution in [-0.2, 0) is 11.3 Å². The third-order valence-corrected chi connectivity index (χ3v) is 4.83. The molecule has 0 bridgehead atoms. The van der Waals surface area contributed by atoms with Crippen LogP contribution in [0.25, 0.3) is 10.8 Å². The predicted molar refractivity (Wildman–Crippen MR) is 102 cm³/mol. The highest BCUT2D eigenvalue weighted by molar-refractivity contribution is 6.03. The second-order valence-corrected chi connectivity index (χ2v) is 6.70. The van der Waals surface area contributed by atoms with Crippen molar-refractivity contribution in [3.05, 3.63) is 53.9 Å². The number of pyridine rings is 1. The first-order valence-corrected chi connectivity index (χ1v) is 9.11. The number of rotatable bonds is 4. The maximum Gasteiger partial charge on any atom is 0.295 e. The number of amides is 2. The lowest BCUT2D eigenvalue weighted by molar-refractivity contribution is 0.0930. The van der Waals surface area contributed by atoms with Gasteiger partial charge >= 0.3 is 0 Å². The number of aromatic hydroxyl groups is 2. The number of nitrogens with zero attached hydrogens (tertiary/aromatic N) is 4. The van der Waals surface area contributed by atoms with Crippen LogP contribution >= 0.6 is 0 Å². The molecule has 0 saturated carbocycles. The summed E-state index contributed by atoms with van der Waals surface area (Å²) in [7, 11) is 0. The van der Waals surface area contributed by atoms with Crippen LogP contribution in [0, 0.1) is 0 Å². The average molecular weight is 394 g/mol. The Labute approximate surface area is 165 Å². The third kappa shape index (κ3) is 3.72. The fraction of sp³-hybridized carbons (Fsp3) is 0.250. The molecule has 29 heavy (non-hydrogen) atoms. The van der Waals surface area contributed by atoms with Crippen LogP contribution in [0.3, 0.4) is 0 Å². The van der Waals surface area contributed by atoms with Crippen molar-refractivity contribution in [3.63, 3.8) is 0 Å². The number of hydrogen-bond acceptors (Lipinski definition) is 6. The quantitative estimate of drug-likeness (QED) is 0.655. The third-order valence-electron chi connectivity index (χ3n) is 4.83. The number of hydrogen-bond donors (Lipinski definition) is 2. The Balaban J connectivity index is 1.58. The number of benzene rings is 1. The van der Waals surface area contributed by atoms with Crippen molar-refractivity contribution < 1.29 is 24.5 Å². The van der Waals surface area contributed by atoms with Gasteiger partial charge in [0, 0.05) is 40.9 Å². The molecule has 1 fully saturated rings. The van der Waals surface area contributed by atoms with Crippen LogP contribution in [0.1, 0.15) is 33.6 Å². The van der Waals surface area contributed by atoms with Crippen LogP contribution in [-0.4, -0.2) is 44.3 Å². The van der Waals surface area contributed by atoms with Crippen LogP contribution in [0.15, 0.2) is 53.0 Å². The van der Waals surface area contributed by atoms with Gasteiger partial charge in [0.2, 0.25) is 11.8 Å². The van der Waals surface area contributed by atoms with E-state index in [1.54, 1.807) is 0 Å². The first-order valence-electron chi connectivity index (χ1n) is 9.11. The molecule has 3 heterocycles. The van der Waals surface area contributed by atoms with Gasteiger partial charge in [0.15, 0.2) is 0 Å². The van der Waals surface area contributed by atoms with Crippen molar-refractivity contribution in [1.82, 2.24) is 9.55 Å². The van der Waals surface area contributed by atoms with Gasteiger partial charge in [0.05, 0.1) is 12.6 Å². The molecular weight excluding hydrogens is 376 g/mol. The Morgan fingerprint density at radius 3 is 2.41 bits per heavy atom. The zero-order valence-corrected chi connectivity index (χ0v) is 15.4. The van der Waals surface area contributed by atoms with E-state index in [1.807, 2.05) is 0 Å². The number of aromatic nitrogens is 2. The summed E-state index contributed by atoms with van der Waals surface area (Å²) in [6, 6.07) is 7.32. The molecule has 1 saturated heterocycles. The highest BCUT2D eigenvalue weighted by Crippen LogP contribution is 2.37. The molecule has 4 rings (SSSR count). The minimum atomic E-state index is -0.736. The molecule has 9 nitrogen and oxygen atoms in total. The number of carbonyl (C=O) groups excluding carboxylic acids is 2. The highest BCUT2D eigenvalue weighted by Gasteiger charge is 2.23. The molecule has 1 aliphatic heterocycles. The zero-order valence-electron chi connectivity index (χ0n) is 15.4. The molecule has 3 aromatic rings. The van der Waals surface area contributed by atoms with Crippen molar-refractivity contribution in [3.8, 4) is 11.8 Å². The summed E-state index contributed by atoms with van der Waals surface area (Å²) in [6.07, 6.45) is 4.59. The van der Waals surface area contributed by atoms with E-state index in [9.17, 15) is 19.8 Å². The van der Waals surface area contributed by atoms with Gasteiger partial charge in [-0.2, -0.15) is 0 Å². The van der Waals surface area contributed by atoms with E-state index in [0.717, 1.165) is 12.8 Å². The molecular formula is C20H18N4O5. The molecule has 148 valence electrons. The summed E-state index contributed by atoms with van der Waals surface area (Å²) < 4.78 is 6.92. The number of ether oxygens (including phenoxy) is 1. The van der Waals surface area contributed by atoms with Crippen molar-refractivity contribution in [2.75, 3.05) is 6.61 Å². The minimum Gasteiger partial charge on any atom is -0.494 e. The normalized spacial score (nSPS) is 16.6. The molecule has 1 aliphatic rings. The number of carbonyl (C=O) groups is 2. The van der Waals surface area contributed by atoms with Crippen molar-refractivity contribution in [2.24, 2.45) is 10.2 Å². The van der Waals surface area contributed by atoms with Crippen LogP contribution < -0.4 is 0 Å². The standard InChI is InChI=1S/C20H18N4O5/c25-17(12-5-7-21-8-6-12)22-23-18(26)13-3-4-15-16(10-13)20(28)24(19(15)27)11-14-2-1-9-29-14/h3-8,10,14,27-28H,1-2,9,11H2. The summed E-state index contributed by atoms with van der Waals surface area (Å²) in [5.41, 5.74) is 0.397. The van der Waals surface area contributed by atoms with E-state index in [2.05, 4.69) is 15.2 Å². The monoisotopic (exact) mass is 394 g/mol. The molecule has 1 atom stereocenters. The van der Waals surface area contributed by atoms with E-state index in [-0.39, 0.29) is 29.0 Å². The van der Waals surface area contributed by atoms with Crippen molar-refractivity contribution >= 4 is 22.6 Å². The second kappa shape index (κ2) is 7.80. The van der Waals surface area contributed by atoms with E-state index in [0.29, 0.717) is 23.9 Å². The Morgan fingerprint density at radius 1 is 1.03 bits per heavy atom. The topological polar surface area (TPSA) is 126 Å². The van der Waals surface area contributed by atoms with Gasteiger partial charge in [-0.05, 0) is 43.2 Å². The van der Waals surface area contributed by atoms with Gasteiger partial charge in [-0.3, -0.25) is 19.1 Å². The van der Waals surface area contributed by atoms with Crippen molar-refractivity contribution in [1.29, 1.82) is 0 Å². The lowest BCUT2D eigenvalue weighted by Crippen LogP contribution is -2.14. The lowest BCUT2D eigenvalue weighted by Gasteiger charge is -2.12. The smallest absolute Gasteiger partial charge is 0.295 e. The fourth-order valence-corrected chi connectivity index (χ4v) is 3.31. The van der Waals surface area contributed by atoms with Gasteiger partial charge in [-0.1, -0.05) is 0 Å². The number of azo groups is 1. The molecule has 2 N–H and O–H groups in total. The van der Waals surface area contributed by atoms with Gasteiger partial charge in [0.1, 0.15) is 0 Å². The first-order chi connectivity index (χ1) is 14.0. The largest absolute Gasteiger partial charge is 0.494 e. The Morgan fingerprint density at radius 2 is 1.72 bits per heavy atom. The van der Waals surface area contributed by atoms with Crippen LogP contribution in [0.5, 0.6) is 11.8 Å². The van der Waals surface area contributed by atoms with Gasteiger partial charge < -0.3 is 14.9 Å². The van der Waals surface area contributed by atoms with E-state index in [4.69, 9.17) is 4.74 Å². The summed E-state index contributed by atoms with van der Waals surface area (Å²) in [4.78, 5) is 28.0. The first kappa shape index (κ1) is 18.8. The molecule has 0 radical (unpaired) electrons. The second-order valence-electron chi connectivity index (χ2n) is 6.70. The van der Waals surface area contributed by atoms with Crippen molar-refractivity contribution in [2.45, 2.75) is 25.5 Å². The maximum absolute atomic E-state index is 12.3. The Kier molecular flexibility index (Phi) is 5.05. The minimum absolute atomic E-state index is 0.0808. The molecule has 0 spiro atoms. The molecule has 9 heteroatoms. The maximum atomic E-state index is 12.3. The Hall–Kier alpha value is -3.59. The summed E-state index contributed by atoms with van der Waals surface area (Å²) in [5, 5.41) is 28.6. The zero-order chi connectivity index (χ0) is 20.4. The lowest BCUT2D eigenvalue weighted by atomic mass is 10.1. The molecule has 1 aromatic carbocycles. The van der Waals surface area contributed by atoms with E-state index < -0.39 is 11.8 Å².